The summed E-state index contributed by atoms with van der Waals surface area (Å²) >= 11 is 0. The number of rotatable bonds is 4. The van der Waals surface area contributed by atoms with E-state index in [4.69, 9.17) is 9.47 Å². The maximum Gasteiger partial charge on any atom is 0.193 e. The first kappa shape index (κ1) is 10.9. The normalized spacial score (nSPS) is 22.9. The first-order valence-corrected chi connectivity index (χ1v) is 4.79. The van der Waals surface area contributed by atoms with Gasteiger partial charge in [0.1, 0.15) is 6.61 Å². The van der Waals surface area contributed by atoms with E-state index in [-0.39, 0.29) is 30.1 Å². The molecule has 1 fully saturated rings. The van der Waals surface area contributed by atoms with Crippen LogP contribution in [0.1, 0.15) is 15.9 Å². The summed E-state index contributed by atoms with van der Waals surface area (Å²) in [7, 11) is 1.40. The van der Waals surface area contributed by atoms with Gasteiger partial charge in [-0.2, -0.15) is 0 Å². The zero-order chi connectivity index (χ0) is 11.8. The molecule has 0 saturated carbocycles. The number of phenols is 1. The Balaban J connectivity index is 2.34. The van der Waals surface area contributed by atoms with E-state index >= 15 is 0 Å². The van der Waals surface area contributed by atoms with Crippen LogP contribution in [0.15, 0.2) is 12.1 Å². The molecule has 86 valence electrons. The van der Waals surface area contributed by atoms with Gasteiger partial charge in [-0.25, -0.2) is 0 Å². The summed E-state index contributed by atoms with van der Waals surface area (Å²) in [6, 6.07) is 3.08. The van der Waals surface area contributed by atoms with Crippen molar-refractivity contribution in [3.63, 3.8) is 0 Å². The maximum absolute atomic E-state index is 10.7. The third-order valence-electron chi connectivity index (χ3n) is 2.47. The lowest BCUT2D eigenvalue weighted by Gasteiger charge is -2.10. The molecule has 5 heteroatoms. The van der Waals surface area contributed by atoms with Crippen molar-refractivity contribution in [3.05, 3.63) is 23.3 Å². The number of epoxide rings is 1. The molecule has 16 heavy (non-hydrogen) atoms. The van der Waals surface area contributed by atoms with Gasteiger partial charge in [0.2, 0.25) is 0 Å². The van der Waals surface area contributed by atoms with Gasteiger partial charge in [-0.15, -0.1) is 0 Å². The van der Waals surface area contributed by atoms with E-state index in [2.05, 4.69) is 0 Å². The van der Waals surface area contributed by atoms with Crippen LogP contribution in [0.4, 0.5) is 0 Å². The van der Waals surface area contributed by atoms with Gasteiger partial charge in [0.25, 0.3) is 0 Å². The van der Waals surface area contributed by atoms with Crippen molar-refractivity contribution >= 4 is 6.29 Å². The van der Waals surface area contributed by atoms with Gasteiger partial charge in [0, 0.05) is 6.42 Å². The Morgan fingerprint density at radius 2 is 2.31 bits per heavy atom. The number of hydrogen-bond donors (Lipinski definition) is 2. The predicted molar refractivity (Wildman–Crippen MR) is 54.7 cm³/mol. The van der Waals surface area contributed by atoms with Gasteiger partial charge >= 0.3 is 0 Å². The highest BCUT2D eigenvalue weighted by atomic mass is 16.7. The number of methoxy groups -OCH3 is 1. The molecule has 0 spiro atoms. The Hall–Kier alpha value is -1.59. The second kappa shape index (κ2) is 3.77. The van der Waals surface area contributed by atoms with Crippen LogP contribution in [0.2, 0.25) is 0 Å². The fraction of sp³-hybridized carbons (Fsp3) is 0.364. The number of carbonyl (C=O) groups is 1. The molecule has 0 unspecified atom stereocenters. The quantitative estimate of drug-likeness (QED) is 0.574. The van der Waals surface area contributed by atoms with Gasteiger partial charge < -0.3 is 19.7 Å². The zero-order valence-corrected chi connectivity index (χ0v) is 8.77. The Morgan fingerprint density at radius 1 is 1.62 bits per heavy atom. The third-order valence-corrected chi connectivity index (χ3v) is 2.47. The number of aldehydes is 1. The van der Waals surface area contributed by atoms with Crippen molar-refractivity contribution in [1.82, 2.24) is 0 Å². The second-order valence-corrected chi connectivity index (χ2v) is 3.77. The molecule has 1 aliphatic rings. The molecule has 2 rings (SSSR count). The summed E-state index contributed by atoms with van der Waals surface area (Å²) in [5.41, 5.74) is 0.815. The van der Waals surface area contributed by atoms with Crippen molar-refractivity contribution < 1.29 is 24.5 Å². The van der Waals surface area contributed by atoms with Crippen molar-refractivity contribution in [2.75, 3.05) is 13.7 Å². The third kappa shape index (κ3) is 2.00. The minimum atomic E-state index is -1.12. The van der Waals surface area contributed by atoms with E-state index in [0.29, 0.717) is 11.8 Å². The van der Waals surface area contributed by atoms with Crippen LogP contribution in [-0.2, 0) is 11.2 Å². The number of aromatic hydroxyl groups is 1. The molecule has 1 atom stereocenters. The van der Waals surface area contributed by atoms with Crippen LogP contribution in [0, 0.1) is 0 Å². The molecule has 1 aliphatic heterocycles. The average Bonchev–Trinajstić information content (AvgIpc) is 2.98. The van der Waals surface area contributed by atoms with Gasteiger partial charge in [-0.05, 0) is 17.7 Å². The topological polar surface area (TPSA) is 79.3 Å². The molecule has 0 amide bonds. The molecular formula is C11H12O5. The highest BCUT2D eigenvalue weighted by Crippen LogP contribution is 2.34. The molecule has 1 saturated heterocycles. The summed E-state index contributed by atoms with van der Waals surface area (Å²) in [5, 5.41) is 19.1. The van der Waals surface area contributed by atoms with Crippen LogP contribution in [0.5, 0.6) is 11.5 Å². The first-order valence-electron chi connectivity index (χ1n) is 4.79. The number of carbonyl (C=O) groups excluding carboxylic acids is 1. The van der Waals surface area contributed by atoms with Crippen LogP contribution in [0.3, 0.4) is 0 Å². The van der Waals surface area contributed by atoms with E-state index in [1.54, 1.807) is 6.07 Å². The maximum atomic E-state index is 10.7. The van der Waals surface area contributed by atoms with Crippen LogP contribution in [0.25, 0.3) is 0 Å². The molecule has 0 aromatic heterocycles. The van der Waals surface area contributed by atoms with Gasteiger partial charge in [0.15, 0.2) is 23.6 Å². The molecule has 1 aromatic carbocycles. The lowest BCUT2D eigenvalue weighted by Crippen LogP contribution is -2.13. The standard InChI is InChI=1S/C11H12O5/c1-15-9-3-7(4-11(14)6-16-11)2-8(5-12)10(9)13/h2-3,5,13-14H,4,6H2,1H3/t11-/m0/s1. The summed E-state index contributed by atoms with van der Waals surface area (Å²) < 4.78 is 9.77. The number of phenolic OH excluding ortho intramolecular Hbond substituents is 1. The lowest BCUT2D eigenvalue weighted by molar-refractivity contribution is 0.0371. The minimum Gasteiger partial charge on any atom is -0.504 e. The van der Waals surface area contributed by atoms with E-state index < -0.39 is 5.79 Å². The summed E-state index contributed by atoms with van der Waals surface area (Å²) in [4.78, 5) is 10.7. The molecule has 0 radical (unpaired) electrons. The average molecular weight is 224 g/mol. The molecule has 1 heterocycles. The van der Waals surface area contributed by atoms with Crippen molar-refractivity contribution in [2.45, 2.75) is 12.2 Å². The van der Waals surface area contributed by atoms with E-state index in [1.807, 2.05) is 0 Å². The van der Waals surface area contributed by atoms with Crippen LogP contribution >= 0.6 is 0 Å². The smallest absolute Gasteiger partial charge is 0.193 e. The summed E-state index contributed by atoms with van der Waals surface area (Å²) in [5.74, 6) is -1.10. The Bertz CT molecular complexity index is 423. The monoisotopic (exact) mass is 224 g/mol. The van der Waals surface area contributed by atoms with Gasteiger partial charge in [-0.3, -0.25) is 4.79 Å². The highest BCUT2D eigenvalue weighted by Gasteiger charge is 2.42. The Labute approximate surface area is 92.2 Å². The number of benzene rings is 1. The number of hydrogen-bond acceptors (Lipinski definition) is 5. The zero-order valence-electron chi connectivity index (χ0n) is 8.77. The minimum absolute atomic E-state index is 0.138. The molecule has 0 aliphatic carbocycles. The number of aliphatic hydroxyl groups is 1. The van der Waals surface area contributed by atoms with Crippen LogP contribution in [-0.4, -0.2) is 36.0 Å². The second-order valence-electron chi connectivity index (χ2n) is 3.77. The summed E-state index contributed by atoms with van der Waals surface area (Å²) in [6.07, 6.45) is 0.809. The Kier molecular flexibility index (Phi) is 2.57. The first-order chi connectivity index (χ1) is 7.58. The lowest BCUT2D eigenvalue weighted by atomic mass is 10.0. The van der Waals surface area contributed by atoms with Crippen molar-refractivity contribution in [1.29, 1.82) is 0 Å². The molecule has 2 N–H and O–H groups in total. The fourth-order valence-electron chi connectivity index (χ4n) is 1.54. The molecule has 5 nitrogen and oxygen atoms in total. The van der Waals surface area contributed by atoms with E-state index in [9.17, 15) is 15.0 Å². The highest BCUT2D eigenvalue weighted by molar-refractivity contribution is 5.81. The SMILES string of the molecule is COc1cc(C[C@@]2(O)CO2)cc(C=O)c1O. The van der Waals surface area contributed by atoms with E-state index in [0.717, 1.165) is 0 Å². The molecular weight excluding hydrogens is 212 g/mol. The Morgan fingerprint density at radius 3 is 2.81 bits per heavy atom. The largest absolute Gasteiger partial charge is 0.504 e. The van der Waals surface area contributed by atoms with E-state index in [1.165, 1.54) is 13.2 Å². The molecule has 1 aromatic rings. The number of ether oxygens (including phenoxy) is 2. The van der Waals surface area contributed by atoms with Gasteiger partial charge in [-0.1, -0.05) is 0 Å². The van der Waals surface area contributed by atoms with Crippen molar-refractivity contribution in [2.24, 2.45) is 0 Å². The van der Waals surface area contributed by atoms with Crippen molar-refractivity contribution in [3.8, 4) is 11.5 Å². The van der Waals surface area contributed by atoms with Gasteiger partial charge in [0.05, 0.1) is 12.7 Å². The summed E-state index contributed by atoms with van der Waals surface area (Å²) in [6.45, 7) is 0.284. The fourth-order valence-corrected chi connectivity index (χ4v) is 1.54. The molecule has 0 bridgehead atoms. The predicted octanol–water partition coefficient (Wildman–Crippen LogP) is 0.475. The van der Waals surface area contributed by atoms with Crippen LogP contribution < -0.4 is 4.74 Å².